The first-order valence-electron chi connectivity index (χ1n) is 5.65. The number of anilines is 1. The maximum absolute atomic E-state index is 11.5. The Kier molecular flexibility index (Phi) is 5.46. The predicted molar refractivity (Wildman–Crippen MR) is 76.3 cm³/mol. The monoisotopic (exact) mass is 319 g/mol. The molecule has 1 N–H and O–H groups in total. The summed E-state index contributed by atoms with van der Waals surface area (Å²) in [5.41, 5.74) is 2.09. The zero-order valence-corrected chi connectivity index (χ0v) is 12.6. The minimum Gasteiger partial charge on any atom is -0.384 e. The van der Waals surface area contributed by atoms with Crippen molar-refractivity contribution in [3.63, 3.8) is 0 Å². The molecule has 0 amide bonds. The Morgan fingerprint density at radius 3 is 2.65 bits per heavy atom. The van der Waals surface area contributed by atoms with Crippen molar-refractivity contribution in [2.45, 2.75) is 20.3 Å². The highest BCUT2D eigenvalue weighted by Crippen LogP contribution is 2.20. The molecule has 0 unspecified atom stereocenters. The quantitative estimate of drug-likeness (QED) is 0.876. The smallest absolute Gasteiger partial charge is 0.152 e. The van der Waals surface area contributed by atoms with Crippen LogP contribution in [0.3, 0.4) is 0 Å². The SMILES string of the molecule is CCCS(=O)(=O)CCNc1cc(Br)ccc1C. The van der Waals surface area contributed by atoms with E-state index in [0.717, 1.165) is 15.7 Å². The first-order chi connectivity index (χ1) is 7.94. The molecule has 0 aromatic heterocycles. The lowest BCUT2D eigenvalue weighted by Gasteiger charge is -2.10. The van der Waals surface area contributed by atoms with E-state index in [1.807, 2.05) is 32.0 Å². The van der Waals surface area contributed by atoms with Crippen LogP contribution in [0, 0.1) is 6.92 Å². The molecule has 1 rings (SSSR count). The third-order valence-electron chi connectivity index (χ3n) is 2.44. The van der Waals surface area contributed by atoms with Gasteiger partial charge in [0.25, 0.3) is 0 Å². The van der Waals surface area contributed by atoms with Gasteiger partial charge < -0.3 is 5.32 Å². The highest BCUT2D eigenvalue weighted by atomic mass is 79.9. The second-order valence-electron chi connectivity index (χ2n) is 4.04. The molecule has 5 heteroatoms. The molecule has 0 aliphatic carbocycles. The van der Waals surface area contributed by atoms with Gasteiger partial charge >= 0.3 is 0 Å². The zero-order valence-electron chi connectivity index (χ0n) is 10.2. The average Bonchev–Trinajstić information content (AvgIpc) is 2.23. The number of sulfone groups is 1. The molecule has 96 valence electrons. The van der Waals surface area contributed by atoms with E-state index >= 15 is 0 Å². The summed E-state index contributed by atoms with van der Waals surface area (Å²) in [5, 5.41) is 3.16. The van der Waals surface area contributed by atoms with E-state index in [4.69, 9.17) is 0 Å². The molecule has 0 atom stereocenters. The molecule has 0 bridgehead atoms. The van der Waals surface area contributed by atoms with E-state index in [9.17, 15) is 8.42 Å². The Bertz CT molecular complexity index is 471. The highest BCUT2D eigenvalue weighted by Gasteiger charge is 2.08. The van der Waals surface area contributed by atoms with Gasteiger partial charge in [0.05, 0.1) is 5.75 Å². The molecule has 0 aliphatic rings. The van der Waals surface area contributed by atoms with Gasteiger partial charge in [0.15, 0.2) is 9.84 Å². The van der Waals surface area contributed by atoms with Crippen molar-refractivity contribution >= 4 is 31.5 Å². The summed E-state index contributed by atoms with van der Waals surface area (Å²) < 4.78 is 24.0. The lowest BCUT2D eigenvalue weighted by atomic mass is 10.2. The van der Waals surface area contributed by atoms with Crippen LogP contribution in [0.15, 0.2) is 22.7 Å². The Balaban J connectivity index is 2.54. The van der Waals surface area contributed by atoms with Crippen molar-refractivity contribution in [2.75, 3.05) is 23.4 Å². The van der Waals surface area contributed by atoms with Crippen LogP contribution < -0.4 is 5.32 Å². The summed E-state index contributed by atoms with van der Waals surface area (Å²) in [7, 11) is -2.90. The van der Waals surface area contributed by atoms with Crippen LogP contribution in [0.2, 0.25) is 0 Å². The molecule has 3 nitrogen and oxygen atoms in total. The lowest BCUT2D eigenvalue weighted by Crippen LogP contribution is -2.18. The molecule has 0 heterocycles. The van der Waals surface area contributed by atoms with Crippen molar-refractivity contribution in [1.82, 2.24) is 0 Å². The Morgan fingerprint density at radius 1 is 1.29 bits per heavy atom. The summed E-state index contributed by atoms with van der Waals surface area (Å²) in [4.78, 5) is 0. The number of hydrogen-bond acceptors (Lipinski definition) is 3. The Hall–Kier alpha value is -0.550. The van der Waals surface area contributed by atoms with Crippen LogP contribution in [0.25, 0.3) is 0 Å². The first-order valence-corrected chi connectivity index (χ1v) is 8.26. The normalized spacial score (nSPS) is 11.5. The Labute approximate surface area is 112 Å². The van der Waals surface area contributed by atoms with Gasteiger partial charge in [-0.05, 0) is 31.0 Å². The number of hydrogen-bond donors (Lipinski definition) is 1. The third-order valence-corrected chi connectivity index (χ3v) is 4.79. The summed E-state index contributed by atoms with van der Waals surface area (Å²) in [6.45, 7) is 4.33. The zero-order chi connectivity index (χ0) is 12.9. The minimum atomic E-state index is -2.90. The van der Waals surface area contributed by atoms with Crippen LogP contribution >= 0.6 is 15.9 Å². The molecular weight excluding hydrogens is 302 g/mol. The second-order valence-corrected chi connectivity index (χ2v) is 7.26. The number of rotatable bonds is 6. The fourth-order valence-corrected chi connectivity index (χ4v) is 3.14. The van der Waals surface area contributed by atoms with Gasteiger partial charge in [-0.1, -0.05) is 28.9 Å². The van der Waals surface area contributed by atoms with Gasteiger partial charge in [0.2, 0.25) is 0 Å². The van der Waals surface area contributed by atoms with Crippen LogP contribution in [-0.2, 0) is 9.84 Å². The number of halogens is 1. The van der Waals surface area contributed by atoms with Gasteiger partial charge in [-0.3, -0.25) is 0 Å². The van der Waals surface area contributed by atoms with E-state index in [1.54, 1.807) is 0 Å². The van der Waals surface area contributed by atoms with Crippen LogP contribution in [0.1, 0.15) is 18.9 Å². The van der Waals surface area contributed by atoms with E-state index < -0.39 is 9.84 Å². The van der Waals surface area contributed by atoms with Crippen LogP contribution in [-0.4, -0.2) is 26.5 Å². The van der Waals surface area contributed by atoms with E-state index in [1.165, 1.54) is 0 Å². The topological polar surface area (TPSA) is 46.2 Å². The van der Waals surface area contributed by atoms with E-state index in [0.29, 0.717) is 13.0 Å². The molecule has 1 aromatic carbocycles. The molecular formula is C12H18BrNO2S. The van der Waals surface area contributed by atoms with Gasteiger partial charge in [-0.15, -0.1) is 0 Å². The van der Waals surface area contributed by atoms with Crippen LogP contribution in [0.4, 0.5) is 5.69 Å². The maximum Gasteiger partial charge on any atom is 0.152 e. The summed E-state index contributed by atoms with van der Waals surface area (Å²) in [6, 6.07) is 5.92. The third kappa shape index (κ3) is 5.08. The first kappa shape index (κ1) is 14.5. The predicted octanol–water partition coefficient (Wildman–Crippen LogP) is 2.99. The van der Waals surface area contributed by atoms with Crippen molar-refractivity contribution < 1.29 is 8.42 Å². The summed E-state index contributed by atoms with van der Waals surface area (Å²) >= 11 is 3.39. The summed E-state index contributed by atoms with van der Waals surface area (Å²) in [5.74, 6) is 0.457. The lowest BCUT2D eigenvalue weighted by molar-refractivity contribution is 0.595. The fraction of sp³-hybridized carbons (Fsp3) is 0.500. The minimum absolute atomic E-state index is 0.187. The van der Waals surface area contributed by atoms with Crippen molar-refractivity contribution in [3.05, 3.63) is 28.2 Å². The van der Waals surface area contributed by atoms with Crippen molar-refractivity contribution in [2.24, 2.45) is 0 Å². The second kappa shape index (κ2) is 6.40. The maximum atomic E-state index is 11.5. The summed E-state index contributed by atoms with van der Waals surface area (Å²) in [6.07, 6.45) is 0.679. The molecule has 0 aliphatic heterocycles. The molecule has 0 fully saturated rings. The van der Waals surface area contributed by atoms with E-state index in [-0.39, 0.29) is 11.5 Å². The molecule has 0 saturated heterocycles. The van der Waals surface area contributed by atoms with Crippen molar-refractivity contribution in [1.29, 1.82) is 0 Å². The standard InChI is InChI=1S/C12H18BrNO2S/c1-3-7-17(15,16)8-6-14-12-9-11(13)5-4-10(12)2/h4-5,9,14H,3,6-8H2,1-2H3. The molecule has 0 spiro atoms. The highest BCUT2D eigenvalue weighted by molar-refractivity contribution is 9.10. The molecule has 0 saturated carbocycles. The largest absolute Gasteiger partial charge is 0.384 e. The van der Waals surface area contributed by atoms with Gasteiger partial charge in [0, 0.05) is 22.5 Å². The number of benzene rings is 1. The number of nitrogens with one attached hydrogen (secondary N) is 1. The molecule has 17 heavy (non-hydrogen) atoms. The average molecular weight is 320 g/mol. The van der Waals surface area contributed by atoms with Gasteiger partial charge in [-0.2, -0.15) is 0 Å². The van der Waals surface area contributed by atoms with Gasteiger partial charge in [0.1, 0.15) is 0 Å². The van der Waals surface area contributed by atoms with Crippen molar-refractivity contribution in [3.8, 4) is 0 Å². The van der Waals surface area contributed by atoms with E-state index in [2.05, 4.69) is 21.2 Å². The molecule has 0 radical (unpaired) electrons. The molecule has 1 aromatic rings. The van der Waals surface area contributed by atoms with Gasteiger partial charge in [-0.25, -0.2) is 8.42 Å². The Morgan fingerprint density at radius 2 is 2.00 bits per heavy atom. The van der Waals surface area contributed by atoms with Crippen LogP contribution in [0.5, 0.6) is 0 Å². The number of aryl methyl sites for hydroxylation is 1. The fourth-order valence-electron chi connectivity index (χ4n) is 1.54.